The molecule has 2 rings (SSSR count). The summed E-state index contributed by atoms with van der Waals surface area (Å²) < 4.78 is 28.4. The molecule has 1 saturated heterocycles. The SMILES string of the molecule is O=C(O)COCC1(C=CC=CC#CC=CC(O)COc2ccc(F)cc2)CSC(=O)O1. The third kappa shape index (κ3) is 9.53. The summed E-state index contributed by atoms with van der Waals surface area (Å²) in [6, 6.07) is 5.48. The minimum atomic E-state index is -1.11. The van der Waals surface area contributed by atoms with Gasteiger partial charge < -0.3 is 24.4 Å². The predicted molar refractivity (Wildman–Crippen MR) is 113 cm³/mol. The number of halogens is 1. The summed E-state index contributed by atoms with van der Waals surface area (Å²) in [6.07, 6.45) is 8.50. The summed E-state index contributed by atoms with van der Waals surface area (Å²) in [7, 11) is 0. The molecule has 9 heteroatoms. The Hall–Kier alpha value is -3.06. The maximum atomic E-state index is 12.8. The first-order valence-corrected chi connectivity index (χ1v) is 10.1. The number of thioether (sulfide) groups is 1. The molecule has 1 fully saturated rings. The summed E-state index contributed by atoms with van der Waals surface area (Å²) in [5.74, 6) is 4.76. The lowest BCUT2D eigenvalue weighted by atomic mass is 10.1. The van der Waals surface area contributed by atoms with E-state index in [4.69, 9.17) is 19.3 Å². The van der Waals surface area contributed by atoms with Gasteiger partial charge in [0.1, 0.15) is 30.9 Å². The molecule has 0 amide bonds. The fourth-order valence-electron chi connectivity index (χ4n) is 2.28. The van der Waals surface area contributed by atoms with Crippen LogP contribution in [0.5, 0.6) is 5.75 Å². The van der Waals surface area contributed by atoms with Crippen LogP contribution in [0.4, 0.5) is 9.18 Å². The van der Waals surface area contributed by atoms with Crippen LogP contribution >= 0.6 is 11.8 Å². The number of aliphatic hydroxyl groups excluding tert-OH is 1. The normalized spacial score (nSPS) is 19.5. The van der Waals surface area contributed by atoms with Crippen LogP contribution in [0.15, 0.2) is 60.7 Å². The van der Waals surface area contributed by atoms with E-state index in [1.165, 1.54) is 36.4 Å². The van der Waals surface area contributed by atoms with E-state index < -0.39 is 29.6 Å². The third-order valence-electron chi connectivity index (χ3n) is 3.70. The van der Waals surface area contributed by atoms with Gasteiger partial charge in [0.2, 0.25) is 0 Å². The van der Waals surface area contributed by atoms with Crippen LogP contribution in [0.2, 0.25) is 0 Å². The van der Waals surface area contributed by atoms with E-state index in [0.29, 0.717) is 11.5 Å². The molecule has 164 valence electrons. The van der Waals surface area contributed by atoms with Gasteiger partial charge in [-0.2, -0.15) is 0 Å². The molecule has 2 unspecified atom stereocenters. The molecular weight excluding hydrogens is 427 g/mol. The number of carbonyl (C=O) groups is 2. The molecule has 1 aliphatic rings. The highest BCUT2D eigenvalue weighted by Crippen LogP contribution is 2.31. The Morgan fingerprint density at radius 3 is 2.71 bits per heavy atom. The quantitative estimate of drug-likeness (QED) is 0.320. The number of rotatable bonds is 10. The van der Waals surface area contributed by atoms with Gasteiger partial charge in [-0.3, -0.25) is 0 Å². The van der Waals surface area contributed by atoms with Gasteiger partial charge in [-0.05, 0) is 60.3 Å². The zero-order valence-electron chi connectivity index (χ0n) is 16.4. The molecule has 0 radical (unpaired) electrons. The summed E-state index contributed by atoms with van der Waals surface area (Å²) in [5.41, 5.74) is -1.01. The second-order valence-electron chi connectivity index (χ2n) is 6.29. The van der Waals surface area contributed by atoms with E-state index in [0.717, 1.165) is 11.8 Å². The summed E-state index contributed by atoms with van der Waals surface area (Å²) in [5, 5.41) is 18.0. The van der Waals surface area contributed by atoms with Crippen molar-refractivity contribution in [3.63, 3.8) is 0 Å². The van der Waals surface area contributed by atoms with Crippen molar-refractivity contribution in [1.29, 1.82) is 0 Å². The molecule has 0 bridgehead atoms. The topological polar surface area (TPSA) is 102 Å². The molecular formula is C22H21FO7S. The molecule has 1 aromatic rings. The first-order valence-electron chi connectivity index (χ1n) is 9.12. The van der Waals surface area contributed by atoms with Crippen LogP contribution in [-0.4, -0.2) is 58.8 Å². The molecule has 1 aromatic carbocycles. The number of carboxylic acids is 1. The Morgan fingerprint density at radius 1 is 1.29 bits per heavy atom. The lowest BCUT2D eigenvalue weighted by Crippen LogP contribution is -2.35. The highest BCUT2D eigenvalue weighted by Gasteiger charge is 2.39. The largest absolute Gasteiger partial charge is 0.491 e. The zero-order valence-corrected chi connectivity index (χ0v) is 17.2. The van der Waals surface area contributed by atoms with E-state index >= 15 is 0 Å². The van der Waals surface area contributed by atoms with Crippen molar-refractivity contribution in [2.75, 3.05) is 25.6 Å². The predicted octanol–water partition coefficient (Wildman–Crippen LogP) is 2.96. The second kappa shape index (κ2) is 12.6. The molecule has 2 atom stereocenters. The second-order valence-corrected chi connectivity index (χ2v) is 7.20. The third-order valence-corrected chi connectivity index (χ3v) is 4.65. The Kier molecular flexibility index (Phi) is 9.84. The van der Waals surface area contributed by atoms with Crippen LogP contribution in [0.25, 0.3) is 0 Å². The highest BCUT2D eigenvalue weighted by molar-refractivity contribution is 8.13. The average molecular weight is 448 g/mol. The van der Waals surface area contributed by atoms with Crippen LogP contribution in [0.1, 0.15) is 0 Å². The molecule has 1 aliphatic heterocycles. The van der Waals surface area contributed by atoms with Gasteiger partial charge in [0.25, 0.3) is 0 Å². The Morgan fingerprint density at radius 2 is 2.03 bits per heavy atom. The number of aliphatic carboxylic acids is 1. The van der Waals surface area contributed by atoms with Gasteiger partial charge in [0.15, 0.2) is 5.60 Å². The Balaban J connectivity index is 1.76. The van der Waals surface area contributed by atoms with Crippen molar-refractivity contribution in [3.05, 3.63) is 66.5 Å². The molecule has 1 heterocycles. The highest BCUT2D eigenvalue weighted by atomic mass is 32.2. The van der Waals surface area contributed by atoms with Crippen molar-refractivity contribution in [3.8, 4) is 17.6 Å². The molecule has 0 aromatic heterocycles. The summed E-state index contributed by atoms with van der Waals surface area (Å²) in [4.78, 5) is 22.0. The number of aliphatic hydroxyl groups is 1. The van der Waals surface area contributed by atoms with Gasteiger partial charge in [0, 0.05) is 0 Å². The number of cyclic esters (lactones) is 1. The monoisotopic (exact) mass is 448 g/mol. The number of ether oxygens (including phenoxy) is 3. The van der Waals surface area contributed by atoms with E-state index in [9.17, 15) is 19.1 Å². The molecule has 0 saturated carbocycles. The average Bonchev–Trinajstić information content (AvgIpc) is 3.10. The van der Waals surface area contributed by atoms with E-state index in [1.807, 2.05) is 0 Å². The Labute approximate surface area is 183 Å². The first kappa shape index (κ1) is 24.2. The summed E-state index contributed by atoms with van der Waals surface area (Å²) >= 11 is 0.992. The first-order chi connectivity index (χ1) is 14.9. The number of benzene rings is 1. The molecule has 0 spiro atoms. The van der Waals surface area contributed by atoms with Gasteiger partial charge in [0.05, 0.1) is 12.4 Å². The van der Waals surface area contributed by atoms with Gasteiger partial charge in [-0.1, -0.05) is 24.0 Å². The van der Waals surface area contributed by atoms with Crippen molar-refractivity contribution < 1.29 is 38.4 Å². The van der Waals surface area contributed by atoms with Crippen LogP contribution in [-0.2, 0) is 14.3 Å². The molecule has 31 heavy (non-hydrogen) atoms. The number of carboxylic acid groups (broad SMARTS) is 1. The van der Waals surface area contributed by atoms with E-state index in [1.54, 1.807) is 24.3 Å². The minimum Gasteiger partial charge on any atom is -0.491 e. The lowest BCUT2D eigenvalue weighted by molar-refractivity contribution is -0.143. The molecule has 0 aliphatic carbocycles. The van der Waals surface area contributed by atoms with Crippen LogP contribution in [0, 0.1) is 17.7 Å². The fourth-order valence-corrected chi connectivity index (χ4v) is 3.10. The van der Waals surface area contributed by atoms with Crippen LogP contribution < -0.4 is 4.74 Å². The smallest absolute Gasteiger partial charge is 0.368 e. The van der Waals surface area contributed by atoms with E-state index in [-0.39, 0.29) is 19.0 Å². The van der Waals surface area contributed by atoms with Crippen molar-refractivity contribution in [2.45, 2.75) is 11.7 Å². The Bertz CT molecular complexity index is 899. The maximum absolute atomic E-state index is 12.8. The fraction of sp³-hybridized carbons (Fsp3) is 0.273. The van der Waals surface area contributed by atoms with Crippen molar-refractivity contribution >= 4 is 23.0 Å². The molecule has 2 N–H and O–H groups in total. The number of carbonyl (C=O) groups excluding carboxylic acids is 1. The molecule has 7 nitrogen and oxygen atoms in total. The zero-order chi connectivity index (χ0) is 22.5. The minimum absolute atomic E-state index is 0.00511. The number of hydrogen-bond donors (Lipinski definition) is 2. The van der Waals surface area contributed by atoms with Crippen LogP contribution in [0.3, 0.4) is 0 Å². The summed E-state index contributed by atoms with van der Waals surface area (Å²) in [6.45, 7) is -0.536. The van der Waals surface area contributed by atoms with Crippen molar-refractivity contribution in [2.24, 2.45) is 0 Å². The lowest BCUT2D eigenvalue weighted by Gasteiger charge is -2.22. The standard InChI is InChI=1S/C22H21FO7S/c23-17-8-10-19(11-9-17)29-13-18(24)7-5-3-1-2-4-6-12-22(15-28-14-20(25)26)16-31-21(27)30-22/h2,4-12,18,24H,13-16H2,(H,25,26). The maximum Gasteiger partial charge on any atom is 0.368 e. The van der Waals surface area contributed by atoms with Gasteiger partial charge in [-0.25, -0.2) is 14.0 Å². The van der Waals surface area contributed by atoms with Gasteiger partial charge in [-0.15, -0.1) is 0 Å². The van der Waals surface area contributed by atoms with E-state index in [2.05, 4.69) is 11.8 Å². The van der Waals surface area contributed by atoms with Gasteiger partial charge >= 0.3 is 11.3 Å². The number of allylic oxidation sites excluding steroid dienone is 4. The number of hydrogen-bond acceptors (Lipinski definition) is 7. The van der Waals surface area contributed by atoms with Crippen molar-refractivity contribution in [1.82, 2.24) is 0 Å².